The lowest BCUT2D eigenvalue weighted by Crippen LogP contribution is -2.39. The molecule has 1 aromatic carbocycles. The van der Waals surface area contributed by atoms with E-state index in [4.69, 9.17) is 4.98 Å². The van der Waals surface area contributed by atoms with E-state index in [0.717, 1.165) is 42.6 Å². The van der Waals surface area contributed by atoms with Gasteiger partial charge in [-0.3, -0.25) is 14.6 Å². The van der Waals surface area contributed by atoms with Gasteiger partial charge in [-0.2, -0.15) is 0 Å². The summed E-state index contributed by atoms with van der Waals surface area (Å²) in [4.78, 5) is 37.8. The van der Waals surface area contributed by atoms with Crippen molar-refractivity contribution in [2.24, 2.45) is 0 Å². The molecule has 8 heteroatoms. The van der Waals surface area contributed by atoms with Crippen LogP contribution in [-0.2, 0) is 13.0 Å². The van der Waals surface area contributed by atoms with E-state index in [9.17, 15) is 9.59 Å². The number of pyridine rings is 1. The molecule has 0 saturated carbocycles. The number of carbonyl (C=O) groups excluding carboxylic acids is 2. The molecule has 3 N–H and O–H groups in total. The SMILES string of the molecule is CCC[C@H](C[C@@H](C)NC(=O)c1ccnc(C(C)=O)c1)NCc1nc(Nc2cc(C)cc(C)c2)ncc1CC. The Hall–Kier alpha value is -3.65. The number of benzene rings is 1. The monoisotopic (exact) mass is 516 g/mol. The van der Waals surface area contributed by atoms with Crippen molar-refractivity contribution in [3.05, 3.63) is 76.4 Å². The maximum Gasteiger partial charge on any atom is 0.251 e. The van der Waals surface area contributed by atoms with E-state index in [1.807, 2.05) is 13.1 Å². The Balaban J connectivity index is 1.64. The summed E-state index contributed by atoms with van der Waals surface area (Å²) in [5, 5.41) is 10.1. The third kappa shape index (κ3) is 8.45. The summed E-state index contributed by atoms with van der Waals surface area (Å²) in [5.41, 5.74) is 6.16. The van der Waals surface area contributed by atoms with E-state index in [0.29, 0.717) is 23.8 Å². The van der Waals surface area contributed by atoms with Crippen LogP contribution in [0.3, 0.4) is 0 Å². The molecule has 0 fully saturated rings. The smallest absolute Gasteiger partial charge is 0.251 e. The fourth-order valence-electron chi connectivity index (χ4n) is 4.58. The number of carbonyl (C=O) groups is 2. The Morgan fingerprint density at radius 1 is 1.03 bits per heavy atom. The highest BCUT2D eigenvalue weighted by molar-refractivity contribution is 5.98. The van der Waals surface area contributed by atoms with Gasteiger partial charge in [0, 0.05) is 49.2 Å². The summed E-state index contributed by atoms with van der Waals surface area (Å²) in [6.45, 7) is 12.5. The first-order valence-electron chi connectivity index (χ1n) is 13.4. The minimum atomic E-state index is -0.205. The standard InChI is InChI=1S/C30H40N6O2/c1-7-9-25(15-21(5)34-29(38)24-10-11-31-27(16-24)22(6)37)32-18-28-23(8-2)17-33-30(36-28)35-26-13-19(3)12-20(4)14-26/h10-14,16-17,21,25,32H,7-9,15,18H2,1-6H3,(H,34,38)(H,33,35,36)/t21-,25-/m1/s1. The van der Waals surface area contributed by atoms with Crippen LogP contribution in [0.5, 0.6) is 0 Å². The molecule has 0 spiro atoms. The first-order chi connectivity index (χ1) is 18.2. The van der Waals surface area contributed by atoms with Gasteiger partial charge >= 0.3 is 0 Å². The van der Waals surface area contributed by atoms with E-state index in [1.54, 1.807) is 6.07 Å². The van der Waals surface area contributed by atoms with Crippen molar-refractivity contribution in [2.45, 2.75) is 85.9 Å². The van der Waals surface area contributed by atoms with Crippen molar-refractivity contribution in [3.8, 4) is 0 Å². The van der Waals surface area contributed by atoms with Crippen LogP contribution >= 0.6 is 0 Å². The quantitative estimate of drug-likeness (QED) is 0.259. The lowest BCUT2D eigenvalue weighted by molar-refractivity contribution is 0.0935. The lowest BCUT2D eigenvalue weighted by atomic mass is 10.0. The number of Topliss-reactive ketones (excluding diaryl/α,β-unsaturated/α-hetero) is 1. The summed E-state index contributed by atoms with van der Waals surface area (Å²) < 4.78 is 0. The summed E-state index contributed by atoms with van der Waals surface area (Å²) >= 11 is 0. The number of ketones is 1. The Kier molecular flexibility index (Phi) is 10.5. The number of aromatic nitrogens is 3. The van der Waals surface area contributed by atoms with Crippen LogP contribution in [0.25, 0.3) is 0 Å². The van der Waals surface area contributed by atoms with Crippen LogP contribution in [0, 0.1) is 13.8 Å². The van der Waals surface area contributed by atoms with Crippen LogP contribution in [0.4, 0.5) is 11.6 Å². The molecule has 8 nitrogen and oxygen atoms in total. The summed E-state index contributed by atoms with van der Waals surface area (Å²) in [6, 6.07) is 9.62. The van der Waals surface area contributed by atoms with Gasteiger partial charge in [-0.25, -0.2) is 9.97 Å². The highest BCUT2D eigenvalue weighted by Gasteiger charge is 2.17. The molecule has 0 unspecified atom stereocenters. The first-order valence-corrected chi connectivity index (χ1v) is 13.4. The topological polar surface area (TPSA) is 109 Å². The molecular weight excluding hydrogens is 476 g/mol. The van der Waals surface area contributed by atoms with E-state index < -0.39 is 0 Å². The van der Waals surface area contributed by atoms with Gasteiger partial charge < -0.3 is 16.0 Å². The predicted octanol–water partition coefficient (Wildman–Crippen LogP) is 5.46. The van der Waals surface area contributed by atoms with Crippen molar-refractivity contribution in [2.75, 3.05) is 5.32 Å². The summed E-state index contributed by atoms with van der Waals surface area (Å²) in [6.07, 6.45) is 7.01. The summed E-state index contributed by atoms with van der Waals surface area (Å²) in [5.74, 6) is 0.214. The number of hydrogen-bond acceptors (Lipinski definition) is 7. The molecule has 2 aromatic heterocycles. The molecule has 202 valence electrons. The fraction of sp³-hybridized carbons (Fsp3) is 0.433. The molecule has 0 aliphatic rings. The largest absolute Gasteiger partial charge is 0.350 e. The Morgan fingerprint density at radius 2 is 1.76 bits per heavy atom. The molecule has 0 aliphatic heterocycles. The minimum absolute atomic E-state index is 0.0571. The molecule has 0 saturated heterocycles. The highest BCUT2D eigenvalue weighted by Crippen LogP contribution is 2.19. The Bertz CT molecular complexity index is 1240. The molecule has 2 atom stereocenters. The van der Waals surface area contributed by atoms with Crippen LogP contribution < -0.4 is 16.0 Å². The highest BCUT2D eigenvalue weighted by atomic mass is 16.1. The Morgan fingerprint density at radius 3 is 2.42 bits per heavy atom. The third-order valence-electron chi connectivity index (χ3n) is 6.41. The second-order valence-corrected chi connectivity index (χ2v) is 9.98. The van der Waals surface area contributed by atoms with Gasteiger partial charge in [-0.15, -0.1) is 0 Å². The van der Waals surface area contributed by atoms with Gasteiger partial charge in [0.15, 0.2) is 5.78 Å². The van der Waals surface area contributed by atoms with Crippen molar-refractivity contribution < 1.29 is 9.59 Å². The number of amides is 1. The van der Waals surface area contributed by atoms with Crippen LogP contribution in [0.2, 0.25) is 0 Å². The second-order valence-electron chi connectivity index (χ2n) is 9.98. The van der Waals surface area contributed by atoms with Gasteiger partial charge in [-0.1, -0.05) is 26.3 Å². The molecule has 0 radical (unpaired) electrons. The van der Waals surface area contributed by atoms with Crippen LogP contribution in [0.1, 0.15) is 90.2 Å². The third-order valence-corrected chi connectivity index (χ3v) is 6.41. The zero-order chi connectivity index (χ0) is 27.7. The predicted molar refractivity (Wildman–Crippen MR) is 152 cm³/mol. The number of hydrogen-bond donors (Lipinski definition) is 3. The normalized spacial score (nSPS) is 12.6. The number of anilines is 2. The molecule has 3 aromatic rings. The molecule has 2 heterocycles. The Labute approximate surface area is 226 Å². The zero-order valence-electron chi connectivity index (χ0n) is 23.4. The minimum Gasteiger partial charge on any atom is -0.350 e. The number of rotatable bonds is 13. The first kappa shape index (κ1) is 28.9. The maximum atomic E-state index is 12.8. The van der Waals surface area contributed by atoms with E-state index >= 15 is 0 Å². The van der Waals surface area contributed by atoms with Crippen molar-refractivity contribution in [3.63, 3.8) is 0 Å². The van der Waals surface area contributed by atoms with E-state index in [2.05, 4.69) is 71.8 Å². The average molecular weight is 517 g/mol. The number of nitrogens with one attached hydrogen (secondary N) is 3. The molecule has 0 aliphatic carbocycles. The average Bonchev–Trinajstić information content (AvgIpc) is 2.87. The molecular formula is C30H40N6O2. The fourth-order valence-corrected chi connectivity index (χ4v) is 4.58. The molecule has 0 bridgehead atoms. The second kappa shape index (κ2) is 13.8. The van der Waals surface area contributed by atoms with Crippen molar-refractivity contribution >= 4 is 23.3 Å². The number of aryl methyl sites for hydroxylation is 3. The van der Waals surface area contributed by atoms with E-state index in [1.165, 1.54) is 30.3 Å². The van der Waals surface area contributed by atoms with Crippen molar-refractivity contribution in [1.29, 1.82) is 0 Å². The lowest BCUT2D eigenvalue weighted by Gasteiger charge is -2.23. The van der Waals surface area contributed by atoms with Gasteiger partial charge in [0.25, 0.3) is 5.91 Å². The molecule has 1 amide bonds. The van der Waals surface area contributed by atoms with Crippen LogP contribution in [-0.4, -0.2) is 38.7 Å². The van der Waals surface area contributed by atoms with Gasteiger partial charge in [0.2, 0.25) is 5.95 Å². The van der Waals surface area contributed by atoms with Gasteiger partial charge in [0.05, 0.1) is 5.69 Å². The molecule has 38 heavy (non-hydrogen) atoms. The van der Waals surface area contributed by atoms with Gasteiger partial charge in [0.1, 0.15) is 5.69 Å². The molecule has 3 rings (SSSR count). The summed E-state index contributed by atoms with van der Waals surface area (Å²) in [7, 11) is 0. The number of nitrogens with zero attached hydrogens (tertiary/aromatic N) is 3. The van der Waals surface area contributed by atoms with Crippen molar-refractivity contribution in [1.82, 2.24) is 25.6 Å². The van der Waals surface area contributed by atoms with Gasteiger partial charge in [-0.05, 0) is 81.0 Å². The van der Waals surface area contributed by atoms with E-state index in [-0.39, 0.29) is 23.8 Å². The zero-order valence-corrected chi connectivity index (χ0v) is 23.4. The van der Waals surface area contributed by atoms with Crippen LogP contribution in [0.15, 0.2) is 42.7 Å². The maximum absolute atomic E-state index is 12.8.